The molecule has 0 unspecified atom stereocenters. The molecule has 1 amide bonds. The van der Waals surface area contributed by atoms with E-state index >= 15 is 0 Å². The smallest absolute Gasteiger partial charge is 0.278 e. The lowest BCUT2D eigenvalue weighted by atomic mass is 10.1. The molecule has 35 heavy (non-hydrogen) atoms. The van der Waals surface area contributed by atoms with Gasteiger partial charge in [0.1, 0.15) is 23.6 Å². The number of hydrogen-bond donors (Lipinski definition) is 1. The highest BCUT2D eigenvalue weighted by Crippen LogP contribution is 2.34. The van der Waals surface area contributed by atoms with Gasteiger partial charge in [0.15, 0.2) is 6.10 Å². The maximum absolute atomic E-state index is 12.9. The van der Waals surface area contributed by atoms with Crippen molar-refractivity contribution in [1.82, 2.24) is 19.9 Å². The lowest BCUT2D eigenvalue weighted by Gasteiger charge is -2.29. The maximum atomic E-state index is 12.9. The van der Waals surface area contributed by atoms with Crippen molar-refractivity contribution in [3.05, 3.63) is 59.9 Å². The topological polar surface area (TPSA) is 98.7 Å². The van der Waals surface area contributed by atoms with Crippen LogP contribution in [0, 0.1) is 6.92 Å². The Hall–Kier alpha value is -3.76. The van der Waals surface area contributed by atoms with Crippen molar-refractivity contribution in [2.45, 2.75) is 20.0 Å². The lowest BCUT2D eigenvalue weighted by Crippen LogP contribution is -2.46. The third-order valence-corrected chi connectivity index (χ3v) is 6.29. The van der Waals surface area contributed by atoms with Crippen LogP contribution < -0.4 is 14.8 Å². The molecule has 1 aliphatic rings. The average molecular weight is 492 g/mol. The Morgan fingerprint density at radius 2 is 2.00 bits per heavy atom. The molecule has 5 rings (SSSR count). The van der Waals surface area contributed by atoms with Crippen LogP contribution in [0.3, 0.4) is 0 Å². The number of amides is 1. The van der Waals surface area contributed by atoms with Gasteiger partial charge in [-0.15, -0.1) is 0 Å². The molecule has 0 bridgehead atoms. The highest BCUT2D eigenvalue weighted by molar-refractivity contribution is 7.11. The highest BCUT2D eigenvalue weighted by Gasteiger charge is 2.25. The van der Waals surface area contributed by atoms with Gasteiger partial charge in [-0.1, -0.05) is 17.4 Å². The third-order valence-electron chi connectivity index (χ3n) is 5.64. The van der Waals surface area contributed by atoms with Crippen molar-refractivity contribution >= 4 is 39.7 Å². The second-order valence-electron chi connectivity index (χ2n) is 8.08. The number of nitrogens with one attached hydrogen (secondary N) is 1. The fourth-order valence-corrected chi connectivity index (χ4v) is 4.38. The van der Waals surface area contributed by atoms with Crippen LogP contribution in [-0.4, -0.2) is 58.2 Å². The minimum absolute atomic E-state index is 0.0666. The monoisotopic (exact) mass is 491 g/mol. The number of nitrogens with zero attached hydrogens (tertiary/aromatic N) is 4. The predicted molar refractivity (Wildman–Crippen MR) is 134 cm³/mol. The highest BCUT2D eigenvalue weighted by atomic mass is 32.1. The van der Waals surface area contributed by atoms with E-state index in [-0.39, 0.29) is 5.91 Å². The van der Waals surface area contributed by atoms with Crippen molar-refractivity contribution in [2.24, 2.45) is 0 Å². The van der Waals surface area contributed by atoms with Crippen LogP contribution in [0.15, 0.2) is 54.3 Å². The van der Waals surface area contributed by atoms with Crippen LogP contribution in [0.1, 0.15) is 12.5 Å². The van der Waals surface area contributed by atoms with Crippen LogP contribution in [0.4, 0.5) is 11.5 Å². The molecule has 0 aliphatic carbocycles. The van der Waals surface area contributed by atoms with E-state index in [2.05, 4.69) is 20.3 Å². The molecule has 4 aromatic rings. The molecular weight excluding hydrogens is 466 g/mol. The SMILES string of the molecule is Cc1cc(Nc2ncnc3cccc(O[C@H](C)C(=O)N4CCOCC4)c23)ccc1Oc1nccs1. The zero-order valence-electron chi connectivity index (χ0n) is 19.4. The number of fused-ring (bicyclic) bond motifs is 1. The largest absolute Gasteiger partial charge is 0.480 e. The van der Waals surface area contributed by atoms with Gasteiger partial charge in [-0.2, -0.15) is 0 Å². The fourth-order valence-electron chi connectivity index (χ4n) is 3.89. The molecule has 9 nitrogen and oxygen atoms in total. The first-order chi connectivity index (χ1) is 17.1. The molecule has 1 atom stereocenters. The summed E-state index contributed by atoms with van der Waals surface area (Å²) in [5, 5.41) is 6.54. The second kappa shape index (κ2) is 10.2. The van der Waals surface area contributed by atoms with E-state index in [0.29, 0.717) is 54.0 Å². The molecule has 1 saturated heterocycles. The van der Waals surface area contributed by atoms with Gasteiger partial charge in [0, 0.05) is 30.4 Å². The Morgan fingerprint density at radius 3 is 2.77 bits per heavy atom. The van der Waals surface area contributed by atoms with Crippen molar-refractivity contribution in [3.8, 4) is 16.7 Å². The number of benzene rings is 2. The number of hydrogen-bond acceptors (Lipinski definition) is 9. The molecule has 2 aromatic heterocycles. The number of aromatic nitrogens is 3. The summed E-state index contributed by atoms with van der Waals surface area (Å²) >= 11 is 1.44. The molecule has 2 aromatic carbocycles. The molecule has 1 fully saturated rings. The number of rotatable bonds is 7. The number of aryl methyl sites for hydroxylation is 1. The minimum atomic E-state index is -0.656. The van der Waals surface area contributed by atoms with Crippen molar-refractivity contribution in [2.75, 3.05) is 31.6 Å². The summed E-state index contributed by atoms with van der Waals surface area (Å²) in [5.41, 5.74) is 2.50. The summed E-state index contributed by atoms with van der Waals surface area (Å²) in [6.45, 7) is 5.96. The van der Waals surface area contributed by atoms with Crippen molar-refractivity contribution in [1.29, 1.82) is 0 Å². The predicted octanol–water partition coefficient (Wildman–Crippen LogP) is 4.56. The number of ether oxygens (including phenoxy) is 3. The van der Waals surface area contributed by atoms with Gasteiger partial charge in [0.2, 0.25) is 0 Å². The van der Waals surface area contributed by atoms with E-state index in [9.17, 15) is 4.79 Å². The summed E-state index contributed by atoms with van der Waals surface area (Å²) in [4.78, 5) is 27.7. The summed E-state index contributed by atoms with van der Waals surface area (Å²) in [6.07, 6.45) is 2.56. The number of thiazole rings is 1. The fraction of sp³-hybridized carbons (Fsp3) is 0.280. The van der Waals surface area contributed by atoms with Gasteiger partial charge in [0.25, 0.3) is 11.1 Å². The average Bonchev–Trinajstić information content (AvgIpc) is 3.39. The molecule has 0 spiro atoms. The maximum Gasteiger partial charge on any atom is 0.278 e. The van der Waals surface area contributed by atoms with Crippen molar-refractivity contribution in [3.63, 3.8) is 0 Å². The number of carbonyl (C=O) groups excluding carboxylic acids is 1. The van der Waals surface area contributed by atoms with E-state index < -0.39 is 6.10 Å². The number of anilines is 2. The number of carbonyl (C=O) groups is 1. The normalized spacial score (nSPS) is 14.5. The molecule has 1 N–H and O–H groups in total. The van der Waals surface area contributed by atoms with Crippen LogP contribution in [0.5, 0.6) is 16.7 Å². The first-order valence-electron chi connectivity index (χ1n) is 11.3. The van der Waals surface area contributed by atoms with E-state index in [1.807, 2.05) is 48.7 Å². The van der Waals surface area contributed by atoms with Crippen LogP contribution in [0.25, 0.3) is 10.9 Å². The van der Waals surface area contributed by atoms with E-state index in [4.69, 9.17) is 14.2 Å². The lowest BCUT2D eigenvalue weighted by molar-refractivity contribution is -0.142. The summed E-state index contributed by atoms with van der Waals surface area (Å²) in [7, 11) is 0. The van der Waals surface area contributed by atoms with Crippen LogP contribution >= 0.6 is 11.3 Å². The quantitative estimate of drug-likeness (QED) is 0.402. The van der Waals surface area contributed by atoms with E-state index in [0.717, 1.165) is 17.0 Å². The summed E-state index contributed by atoms with van der Waals surface area (Å²) < 4.78 is 17.3. The Labute approximate surface area is 206 Å². The zero-order chi connectivity index (χ0) is 24.2. The molecular formula is C25H25N5O4S. The summed E-state index contributed by atoms with van der Waals surface area (Å²) in [5.74, 6) is 1.80. The minimum Gasteiger partial charge on any atom is -0.480 e. The Bertz CT molecular complexity index is 1320. The Morgan fingerprint density at radius 1 is 1.14 bits per heavy atom. The Kier molecular flexibility index (Phi) is 6.73. The van der Waals surface area contributed by atoms with Gasteiger partial charge in [0.05, 0.1) is 24.1 Å². The Balaban J connectivity index is 1.39. The molecule has 3 heterocycles. The van der Waals surface area contributed by atoms with Gasteiger partial charge >= 0.3 is 0 Å². The molecule has 10 heteroatoms. The van der Waals surface area contributed by atoms with Gasteiger partial charge in [-0.05, 0) is 49.7 Å². The standard InChI is InChI=1S/C25H25N5O4S/c1-16-14-18(6-7-20(16)34-25-26-8-13-35-25)29-23-22-19(27-15-28-23)4-3-5-21(22)33-17(2)24(31)30-9-11-32-12-10-30/h3-8,13-15,17H,9-12H2,1-2H3,(H,27,28,29)/t17-/m1/s1. The molecule has 1 aliphatic heterocycles. The van der Waals surface area contributed by atoms with E-state index in [1.165, 1.54) is 17.7 Å². The van der Waals surface area contributed by atoms with Crippen LogP contribution in [0.2, 0.25) is 0 Å². The third kappa shape index (κ3) is 5.18. The molecule has 0 saturated carbocycles. The molecule has 0 radical (unpaired) electrons. The van der Waals surface area contributed by atoms with Gasteiger partial charge in [-0.3, -0.25) is 4.79 Å². The van der Waals surface area contributed by atoms with Crippen molar-refractivity contribution < 1.29 is 19.0 Å². The first-order valence-corrected chi connectivity index (χ1v) is 12.2. The van der Waals surface area contributed by atoms with Gasteiger partial charge in [-0.25, -0.2) is 15.0 Å². The molecule has 180 valence electrons. The zero-order valence-corrected chi connectivity index (χ0v) is 20.2. The van der Waals surface area contributed by atoms with Crippen LogP contribution in [-0.2, 0) is 9.53 Å². The summed E-state index contributed by atoms with van der Waals surface area (Å²) in [6, 6.07) is 11.4. The van der Waals surface area contributed by atoms with E-state index in [1.54, 1.807) is 18.0 Å². The number of morpholine rings is 1. The van der Waals surface area contributed by atoms with Gasteiger partial charge < -0.3 is 24.4 Å². The second-order valence-corrected chi connectivity index (χ2v) is 8.93. The first kappa shape index (κ1) is 23.0.